The van der Waals surface area contributed by atoms with Crippen LogP contribution in [0.2, 0.25) is 0 Å². The molecular weight excluding hydrogens is 220 g/mol. The zero-order valence-electron chi connectivity index (χ0n) is 10.4. The number of hydrogen-bond donors (Lipinski definition) is 1. The standard InChI is InChI=1S/C16H16N2/c1-14-9-11-16(12-10-14)18-17-13-5-8-15-6-3-2-4-7-15/h2-13,18H,1H3/b8-5+,17-13?. The molecule has 0 fully saturated rings. The molecule has 2 heteroatoms. The lowest BCUT2D eigenvalue weighted by Crippen LogP contribution is -1.87. The molecule has 0 bridgehead atoms. The van der Waals surface area contributed by atoms with Gasteiger partial charge in [-0.3, -0.25) is 5.43 Å². The molecule has 0 saturated heterocycles. The van der Waals surface area contributed by atoms with Crippen LogP contribution in [0.15, 0.2) is 65.8 Å². The van der Waals surface area contributed by atoms with E-state index in [1.54, 1.807) is 6.21 Å². The van der Waals surface area contributed by atoms with Crippen molar-refractivity contribution in [1.29, 1.82) is 0 Å². The van der Waals surface area contributed by atoms with Crippen molar-refractivity contribution in [1.82, 2.24) is 0 Å². The van der Waals surface area contributed by atoms with E-state index in [2.05, 4.69) is 41.7 Å². The minimum Gasteiger partial charge on any atom is -0.279 e. The van der Waals surface area contributed by atoms with Crippen molar-refractivity contribution in [3.63, 3.8) is 0 Å². The van der Waals surface area contributed by atoms with Gasteiger partial charge in [0.2, 0.25) is 0 Å². The largest absolute Gasteiger partial charge is 0.279 e. The second-order valence-corrected chi connectivity index (χ2v) is 4.03. The topological polar surface area (TPSA) is 24.4 Å². The third kappa shape index (κ3) is 3.91. The molecule has 2 rings (SSSR count). The fourth-order valence-corrected chi connectivity index (χ4v) is 1.50. The summed E-state index contributed by atoms with van der Waals surface area (Å²) in [6.45, 7) is 2.07. The van der Waals surface area contributed by atoms with Crippen LogP contribution in [-0.2, 0) is 0 Å². The Balaban J connectivity index is 1.85. The summed E-state index contributed by atoms with van der Waals surface area (Å²) in [5, 5.41) is 4.12. The van der Waals surface area contributed by atoms with E-state index in [1.165, 1.54) is 11.1 Å². The van der Waals surface area contributed by atoms with Gasteiger partial charge in [-0.15, -0.1) is 0 Å². The van der Waals surface area contributed by atoms with Gasteiger partial charge < -0.3 is 0 Å². The number of hydrogen-bond acceptors (Lipinski definition) is 2. The van der Waals surface area contributed by atoms with E-state index in [4.69, 9.17) is 0 Å². The first kappa shape index (κ1) is 12.1. The molecule has 2 aromatic rings. The number of rotatable bonds is 4. The molecule has 18 heavy (non-hydrogen) atoms. The quantitative estimate of drug-likeness (QED) is 0.627. The lowest BCUT2D eigenvalue weighted by atomic mass is 10.2. The molecule has 0 radical (unpaired) electrons. The van der Waals surface area contributed by atoms with E-state index >= 15 is 0 Å². The van der Waals surface area contributed by atoms with Crippen LogP contribution in [0.5, 0.6) is 0 Å². The summed E-state index contributed by atoms with van der Waals surface area (Å²) in [6.07, 6.45) is 5.67. The third-order valence-electron chi connectivity index (χ3n) is 2.49. The molecule has 0 atom stereocenters. The number of nitrogens with zero attached hydrogens (tertiary/aromatic N) is 1. The first-order valence-corrected chi connectivity index (χ1v) is 5.92. The maximum absolute atomic E-state index is 4.12. The lowest BCUT2D eigenvalue weighted by Gasteiger charge is -1.98. The molecule has 90 valence electrons. The first-order valence-electron chi connectivity index (χ1n) is 5.92. The highest BCUT2D eigenvalue weighted by Gasteiger charge is 1.86. The van der Waals surface area contributed by atoms with E-state index in [0.29, 0.717) is 0 Å². The normalized spacial score (nSPS) is 11.2. The predicted octanol–water partition coefficient (Wildman–Crippen LogP) is 4.11. The van der Waals surface area contributed by atoms with Gasteiger partial charge in [-0.2, -0.15) is 5.10 Å². The van der Waals surface area contributed by atoms with Crippen molar-refractivity contribution in [2.45, 2.75) is 6.92 Å². The van der Waals surface area contributed by atoms with Crippen molar-refractivity contribution in [3.05, 3.63) is 71.8 Å². The number of hydrazone groups is 1. The average Bonchev–Trinajstić information content (AvgIpc) is 2.42. The van der Waals surface area contributed by atoms with Gasteiger partial charge in [-0.1, -0.05) is 54.1 Å². The van der Waals surface area contributed by atoms with Gasteiger partial charge in [-0.25, -0.2) is 0 Å². The molecule has 0 saturated carbocycles. The summed E-state index contributed by atoms with van der Waals surface area (Å²) >= 11 is 0. The average molecular weight is 236 g/mol. The Bertz CT molecular complexity index is 525. The molecule has 0 unspecified atom stereocenters. The van der Waals surface area contributed by atoms with Crippen LogP contribution in [0.25, 0.3) is 6.08 Å². The molecule has 0 spiro atoms. The Morgan fingerprint density at radius 2 is 1.67 bits per heavy atom. The monoisotopic (exact) mass is 236 g/mol. The molecule has 0 aliphatic rings. The summed E-state index contributed by atoms with van der Waals surface area (Å²) in [6, 6.07) is 18.3. The Labute approximate surface area is 108 Å². The molecule has 0 aliphatic carbocycles. The highest BCUT2D eigenvalue weighted by Crippen LogP contribution is 2.07. The van der Waals surface area contributed by atoms with Gasteiger partial charge in [0.15, 0.2) is 0 Å². The van der Waals surface area contributed by atoms with E-state index in [9.17, 15) is 0 Å². The van der Waals surface area contributed by atoms with Gasteiger partial charge in [-0.05, 0) is 30.7 Å². The van der Waals surface area contributed by atoms with Crippen molar-refractivity contribution >= 4 is 18.0 Å². The van der Waals surface area contributed by atoms with E-state index < -0.39 is 0 Å². The maximum atomic E-state index is 4.12. The van der Waals surface area contributed by atoms with Crippen LogP contribution in [0, 0.1) is 6.92 Å². The zero-order valence-corrected chi connectivity index (χ0v) is 10.4. The zero-order chi connectivity index (χ0) is 12.6. The molecule has 0 aliphatic heterocycles. The van der Waals surface area contributed by atoms with Gasteiger partial charge in [0, 0.05) is 6.21 Å². The van der Waals surface area contributed by atoms with E-state index in [0.717, 1.165) is 5.69 Å². The number of aryl methyl sites for hydroxylation is 1. The highest BCUT2D eigenvalue weighted by molar-refractivity contribution is 5.78. The molecule has 0 heterocycles. The number of benzene rings is 2. The Hall–Kier alpha value is -2.35. The number of anilines is 1. The fraction of sp³-hybridized carbons (Fsp3) is 0.0625. The molecule has 1 N–H and O–H groups in total. The summed E-state index contributed by atoms with van der Waals surface area (Å²) in [7, 11) is 0. The van der Waals surface area contributed by atoms with Crippen molar-refractivity contribution < 1.29 is 0 Å². The van der Waals surface area contributed by atoms with E-state index in [-0.39, 0.29) is 0 Å². The molecule has 2 nitrogen and oxygen atoms in total. The van der Waals surface area contributed by atoms with Crippen LogP contribution < -0.4 is 5.43 Å². The van der Waals surface area contributed by atoms with Crippen LogP contribution >= 0.6 is 0 Å². The number of nitrogens with one attached hydrogen (secondary N) is 1. The van der Waals surface area contributed by atoms with Crippen LogP contribution in [0.1, 0.15) is 11.1 Å². The van der Waals surface area contributed by atoms with Crippen LogP contribution in [0.3, 0.4) is 0 Å². The van der Waals surface area contributed by atoms with Gasteiger partial charge in [0.25, 0.3) is 0 Å². The van der Waals surface area contributed by atoms with Crippen molar-refractivity contribution in [2.75, 3.05) is 5.43 Å². The van der Waals surface area contributed by atoms with Gasteiger partial charge >= 0.3 is 0 Å². The van der Waals surface area contributed by atoms with Gasteiger partial charge in [0.1, 0.15) is 0 Å². The van der Waals surface area contributed by atoms with E-state index in [1.807, 2.05) is 42.5 Å². The first-order chi connectivity index (χ1) is 8.84. The molecule has 0 aromatic heterocycles. The fourth-order valence-electron chi connectivity index (χ4n) is 1.50. The minimum absolute atomic E-state index is 0.991. The third-order valence-corrected chi connectivity index (χ3v) is 2.49. The second kappa shape index (κ2) is 6.40. The molecule has 0 amide bonds. The summed E-state index contributed by atoms with van der Waals surface area (Å²) in [4.78, 5) is 0. The SMILES string of the molecule is Cc1ccc(NN=C/C=C/c2ccccc2)cc1. The van der Waals surface area contributed by atoms with Gasteiger partial charge in [0.05, 0.1) is 5.69 Å². The lowest BCUT2D eigenvalue weighted by molar-refractivity contribution is 1.34. The Morgan fingerprint density at radius 3 is 2.39 bits per heavy atom. The van der Waals surface area contributed by atoms with Crippen molar-refractivity contribution in [3.8, 4) is 0 Å². The highest BCUT2D eigenvalue weighted by atomic mass is 15.3. The smallest absolute Gasteiger partial charge is 0.0561 e. The number of allylic oxidation sites excluding steroid dienone is 1. The maximum Gasteiger partial charge on any atom is 0.0561 e. The van der Waals surface area contributed by atoms with Crippen LogP contribution in [0.4, 0.5) is 5.69 Å². The molecule has 2 aromatic carbocycles. The minimum atomic E-state index is 0.991. The van der Waals surface area contributed by atoms with Crippen LogP contribution in [-0.4, -0.2) is 6.21 Å². The second-order valence-electron chi connectivity index (χ2n) is 4.03. The summed E-state index contributed by atoms with van der Waals surface area (Å²) in [5.74, 6) is 0. The van der Waals surface area contributed by atoms with Crippen molar-refractivity contribution in [2.24, 2.45) is 5.10 Å². The Morgan fingerprint density at radius 1 is 0.944 bits per heavy atom. The summed E-state index contributed by atoms with van der Waals surface area (Å²) < 4.78 is 0. The predicted molar refractivity (Wildman–Crippen MR) is 78.8 cm³/mol. The summed E-state index contributed by atoms with van der Waals surface area (Å²) in [5.41, 5.74) is 6.38. The Kier molecular flexibility index (Phi) is 4.31. The molecular formula is C16H16N2.